The van der Waals surface area contributed by atoms with E-state index in [0.717, 1.165) is 22.2 Å². The standard InChI is InChI=1S/C12H13BrOS/c1-8-4-5-9(10(13)7-8)12(14)11-3-2-6-15-11/h4-5,7,11H,2-3,6H2,1H3. The molecule has 1 heterocycles. The minimum absolute atomic E-state index is 0.184. The first-order valence-corrected chi connectivity index (χ1v) is 6.94. The largest absolute Gasteiger partial charge is 0.293 e. The Morgan fingerprint density at radius 2 is 2.33 bits per heavy atom. The molecule has 1 aliphatic heterocycles. The molecule has 0 aromatic heterocycles. The van der Waals surface area contributed by atoms with Gasteiger partial charge in [-0.25, -0.2) is 0 Å². The van der Waals surface area contributed by atoms with Crippen molar-refractivity contribution >= 4 is 33.5 Å². The van der Waals surface area contributed by atoms with Crippen molar-refractivity contribution < 1.29 is 4.79 Å². The molecule has 0 amide bonds. The normalized spacial score (nSPS) is 20.5. The smallest absolute Gasteiger partial charge is 0.176 e. The Hall–Kier alpha value is -0.280. The highest BCUT2D eigenvalue weighted by atomic mass is 79.9. The summed E-state index contributed by atoms with van der Waals surface area (Å²) in [4.78, 5) is 12.1. The van der Waals surface area contributed by atoms with Gasteiger partial charge < -0.3 is 0 Å². The molecule has 0 radical (unpaired) electrons. The Morgan fingerprint density at radius 3 is 2.93 bits per heavy atom. The van der Waals surface area contributed by atoms with Crippen LogP contribution in [0.15, 0.2) is 22.7 Å². The summed E-state index contributed by atoms with van der Waals surface area (Å²) in [7, 11) is 0. The maximum atomic E-state index is 12.1. The van der Waals surface area contributed by atoms with E-state index in [4.69, 9.17) is 0 Å². The SMILES string of the molecule is Cc1ccc(C(=O)C2CCCS2)c(Br)c1. The summed E-state index contributed by atoms with van der Waals surface area (Å²) in [6.07, 6.45) is 2.20. The van der Waals surface area contributed by atoms with Crippen molar-refractivity contribution in [1.82, 2.24) is 0 Å². The molecule has 1 saturated heterocycles. The number of ketones is 1. The lowest BCUT2D eigenvalue weighted by Gasteiger charge is -2.09. The first-order valence-electron chi connectivity index (χ1n) is 5.10. The van der Waals surface area contributed by atoms with Crippen molar-refractivity contribution in [1.29, 1.82) is 0 Å². The van der Waals surface area contributed by atoms with Gasteiger partial charge in [-0.1, -0.05) is 22.0 Å². The van der Waals surface area contributed by atoms with Crippen molar-refractivity contribution in [2.45, 2.75) is 25.0 Å². The molecule has 1 aromatic rings. The van der Waals surface area contributed by atoms with Crippen LogP contribution in [0.2, 0.25) is 0 Å². The van der Waals surface area contributed by atoms with Gasteiger partial charge >= 0.3 is 0 Å². The highest BCUT2D eigenvalue weighted by Gasteiger charge is 2.25. The van der Waals surface area contributed by atoms with Gasteiger partial charge in [0.1, 0.15) is 0 Å². The minimum Gasteiger partial charge on any atom is -0.293 e. The van der Waals surface area contributed by atoms with Crippen LogP contribution in [0.4, 0.5) is 0 Å². The van der Waals surface area contributed by atoms with Crippen LogP contribution < -0.4 is 0 Å². The average Bonchev–Trinajstić information content (AvgIpc) is 2.69. The first-order chi connectivity index (χ1) is 7.18. The third-order valence-corrected chi connectivity index (χ3v) is 4.64. The Labute approximate surface area is 103 Å². The van der Waals surface area contributed by atoms with Gasteiger partial charge in [-0.15, -0.1) is 0 Å². The molecule has 1 nitrogen and oxygen atoms in total. The third kappa shape index (κ3) is 2.45. The van der Waals surface area contributed by atoms with Crippen LogP contribution in [-0.4, -0.2) is 16.8 Å². The topological polar surface area (TPSA) is 17.1 Å². The van der Waals surface area contributed by atoms with Crippen LogP contribution in [0.5, 0.6) is 0 Å². The third-order valence-electron chi connectivity index (χ3n) is 2.61. The molecule has 0 bridgehead atoms. The summed E-state index contributed by atoms with van der Waals surface area (Å²) in [5, 5.41) is 0.184. The van der Waals surface area contributed by atoms with Crippen LogP contribution >= 0.6 is 27.7 Å². The fourth-order valence-electron chi connectivity index (χ4n) is 1.78. The van der Waals surface area contributed by atoms with Crippen molar-refractivity contribution in [2.24, 2.45) is 0 Å². The van der Waals surface area contributed by atoms with Crippen LogP contribution in [0, 0.1) is 6.92 Å². The van der Waals surface area contributed by atoms with E-state index in [-0.39, 0.29) is 11.0 Å². The van der Waals surface area contributed by atoms with E-state index < -0.39 is 0 Å². The number of aryl methyl sites for hydroxylation is 1. The lowest BCUT2D eigenvalue weighted by atomic mass is 10.0. The zero-order chi connectivity index (χ0) is 10.8. The van der Waals surface area contributed by atoms with Crippen LogP contribution in [0.25, 0.3) is 0 Å². The van der Waals surface area contributed by atoms with Gasteiger partial charge in [-0.3, -0.25) is 4.79 Å². The van der Waals surface area contributed by atoms with Crippen LogP contribution in [0.1, 0.15) is 28.8 Å². The van der Waals surface area contributed by atoms with E-state index in [0.29, 0.717) is 0 Å². The van der Waals surface area contributed by atoms with Gasteiger partial charge in [0.2, 0.25) is 0 Å². The summed E-state index contributed by atoms with van der Waals surface area (Å²) in [5.41, 5.74) is 2.01. The summed E-state index contributed by atoms with van der Waals surface area (Å²) in [5.74, 6) is 1.41. The molecule has 1 unspecified atom stereocenters. The summed E-state index contributed by atoms with van der Waals surface area (Å²) in [6.45, 7) is 2.03. The van der Waals surface area contributed by atoms with Gasteiger partial charge in [-0.05, 0) is 43.2 Å². The van der Waals surface area contributed by atoms with Gasteiger partial charge in [0.15, 0.2) is 5.78 Å². The van der Waals surface area contributed by atoms with E-state index >= 15 is 0 Å². The number of halogens is 1. The van der Waals surface area contributed by atoms with Crippen LogP contribution in [0.3, 0.4) is 0 Å². The number of hydrogen-bond acceptors (Lipinski definition) is 2. The zero-order valence-electron chi connectivity index (χ0n) is 8.63. The van der Waals surface area contributed by atoms with E-state index in [2.05, 4.69) is 15.9 Å². The molecule has 15 heavy (non-hydrogen) atoms. The fourth-order valence-corrected chi connectivity index (χ4v) is 3.70. The Balaban J connectivity index is 2.24. The maximum absolute atomic E-state index is 12.1. The van der Waals surface area contributed by atoms with Crippen molar-refractivity contribution in [3.63, 3.8) is 0 Å². The predicted molar refractivity (Wildman–Crippen MR) is 68.7 cm³/mol. The Kier molecular flexibility index (Phi) is 3.52. The molecule has 1 atom stereocenters. The second kappa shape index (κ2) is 4.71. The van der Waals surface area contributed by atoms with Crippen molar-refractivity contribution in [3.05, 3.63) is 33.8 Å². The summed E-state index contributed by atoms with van der Waals surface area (Å²) < 4.78 is 0.931. The van der Waals surface area contributed by atoms with Crippen molar-refractivity contribution in [3.8, 4) is 0 Å². The zero-order valence-corrected chi connectivity index (χ0v) is 11.0. The molecule has 80 valence electrons. The van der Waals surface area contributed by atoms with Gasteiger partial charge in [0.05, 0.1) is 5.25 Å². The Morgan fingerprint density at radius 1 is 1.53 bits per heavy atom. The number of hydrogen-bond donors (Lipinski definition) is 0. The number of carbonyl (C=O) groups is 1. The number of Topliss-reactive ketones (excluding diaryl/α,β-unsaturated/α-hetero) is 1. The quantitative estimate of drug-likeness (QED) is 0.768. The summed E-state index contributed by atoms with van der Waals surface area (Å²) in [6, 6.07) is 5.94. The fraction of sp³-hybridized carbons (Fsp3) is 0.417. The number of carbonyl (C=O) groups excluding carboxylic acids is 1. The lowest BCUT2D eigenvalue weighted by Crippen LogP contribution is -2.14. The second-order valence-corrected chi connectivity index (χ2v) is 6.01. The predicted octanol–water partition coefficient (Wildman–Crippen LogP) is 3.84. The van der Waals surface area contributed by atoms with Crippen molar-refractivity contribution in [2.75, 3.05) is 5.75 Å². The van der Waals surface area contributed by atoms with E-state index in [1.165, 1.54) is 12.0 Å². The molecular weight excluding hydrogens is 272 g/mol. The molecule has 0 N–H and O–H groups in total. The first kappa shape index (κ1) is 11.2. The molecule has 1 fully saturated rings. The number of thioether (sulfide) groups is 1. The summed E-state index contributed by atoms with van der Waals surface area (Å²) >= 11 is 5.25. The highest BCUT2D eigenvalue weighted by molar-refractivity contribution is 9.10. The average molecular weight is 285 g/mol. The van der Waals surface area contributed by atoms with Gasteiger partial charge in [-0.2, -0.15) is 11.8 Å². The van der Waals surface area contributed by atoms with E-state index in [1.807, 2.05) is 25.1 Å². The van der Waals surface area contributed by atoms with E-state index in [1.54, 1.807) is 11.8 Å². The molecule has 3 heteroatoms. The van der Waals surface area contributed by atoms with Gasteiger partial charge in [0.25, 0.3) is 0 Å². The van der Waals surface area contributed by atoms with E-state index in [9.17, 15) is 4.79 Å². The lowest BCUT2D eigenvalue weighted by molar-refractivity contribution is 0.0988. The second-order valence-electron chi connectivity index (χ2n) is 3.85. The molecule has 1 aliphatic rings. The molecule has 0 saturated carbocycles. The number of rotatable bonds is 2. The van der Waals surface area contributed by atoms with Gasteiger partial charge in [0, 0.05) is 10.0 Å². The monoisotopic (exact) mass is 284 g/mol. The molecule has 2 rings (SSSR count). The molecule has 0 aliphatic carbocycles. The number of benzene rings is 1. The minimum atomic E-state index is 0.184. The molecule has 1 aromatic carbocycles. The highest BCUT2D eigenvalue weighted by Crippen LogP contribution is 2.31. The molecule has 0 spiro atoms. The maximum Gasteiger partial charge on any atom is 0.176 e. The Bertz CT molecular complexity index is 383. The van der Waals surface area contributed by atoms with Crippen LogP contribution in [-0.2, 0) is 0 Å². The molecular formula is C12H13BrOS.